The Hall–Kier alpha value is -1.07. The summed E-state index contributed by atoms with van der Waals surface area (Å²) in [4.78, 5) is 11.2. The van der Waals surface area contributed by atoms with Gasteiger partial charge >= 0.3 is 5.97 Å². The monoisotopic (exact) mass is 287 g/mol. The van der Waals surface area contributed by atoms with Crippen molar-refractivity contribution in [2.45, 2.75) is 12.3 Å². The van der Waals surface area contributed by atoms with E-state index in [1.807, 2.05) is 0 Å². The van der Waals surface area contributed by atoms with Crippen LogP contribution >= 0.6 is 15.9 Å². The molecular weight excluding hydrogens is 274 g/mol. The smallest absolute Gasteiger partial charge is 0.306 e. The van der Waals surface area contributed by atoms with Gasteiger partial charge in [-0.05, 0) is 34.1 Å². The predicted molar refractivity (Wildman–Crippen MR) is 64.2 cm³/mol. The molecule has 0 saturated heterocycles. The normalized spacial score (nSPS) is 12.2. The van der Waals surface area contributed by atoms with Gasteiger partial charge in [0.1, 0.15) is 5.75 Å². The maximum atomic E-state index is 11.2. The quantitative estimate of drug-likeness (QED) is 0.828. The first-order valence-electron chi connectivity index (χ1n) is 4.84. The Balaban J connectivity index is 2.95. The molecule has 0 aliphatic heterocycles. The number of nitrogens with two attached hydrogens (primary N) is 1. The third-order valence-electron chi connectivity index (χ3n) is 2.38. The van der Waals surface area contributed by atoms with E-state index in [2.05, 4.69) is 20.7 Å². The Labute approximate surface area is 103 Å². The number of phenolic OH excluding ortho intramolecular Hbond substituents is 1. The summed E-state index contributed by atoms with van der Waals surface area (Å²) in [7, 11) is 1.33. The van der Waals surface area contributed by atoms with E-state index >= 15 is 0 Å². The number of benzene rings is 1. The first kappa shape index (κ1) is 13.0. The number of carbonyl (C=O) groups is 1. The van der Waals surface area contributed by atoms with Gasteiger partial charge < -0.3 is 15.6 Å². The summed E-state index contributed by atoms with van der Waals surface area (Å²) in [6.07, 6.45) is 0.164. The van der Waals surface area contributed by atoms with Crippen molar-refractivity contribution in [3.8, 4) is 5.75 Å². The van der Waals surface area contributed by atoms with E-state index in [0.717, 1.165) is 0 Å². The number of rotatable bonds is 4. The van der Waals surface area contributed by atoms with Crippen LogP contribution in [0.25, 0.3) is 0 Å². The molecule has 0 amide bonds. The molecule has 0 aliphatic rings. The minimum Gasteiger partial charge on any atom is -0.506 e. The summed E-state index contributed by atoms with van der Waals surface area (Å²) < 4.78 is 5.18. The van der Waals surface area contributed by atoms with Crippen LogP contribution in [0, 0.1) is 0 Å². The van der Waals surface area contributed by atoms with Gasteiger partial charge in [-0.3, -0.25) is 4.79 Å². The van der Waals surface area contributed by atoms with Gasteiger partial charge in [0.15, 0.2) is 0 Å². The van der Waals surface area contributed by atoms with E-state index in [-0.39, 0.29) is 30.6 Å². The molecule has 0 spiro atoms. The van der Waals surface area contributed by atoms with Crippen LogP contribution in [0.1, 0.15) is 17.9 Å². The Bertz CT molecular complexity index is 381. The van der Waals surface area contributed by atoms with Gasteiger partial charge in [0.25, 0.3) is 0 Å². The van der Waals surface area contributed by atoms with Crippen molar-refractivity contribution >= 4 is 21.9 Å². The fraction of sp³-hybridized carbons (Fsp3) is 0.364. The summed E-state index contributed by atoms with van der Waals surface area (Å²) >= 11 is 3.22. The molecule has 1 atom stereocenters. The largest absolute Gasteiger partial charge is 0.506 e. The van der Waals surface area contributed by atoms with Crippen LogP contribution in [0.5, 0.6) is 5.75 Å². The first-order chi connectivity index (χ1) is 7.60. The van der Waals surface area contributed by atoms with Crippen LogP contribution in [0.2, 0.25) is 0 Å². The number of esters is 1. The summed E-state index contributed by atoms with van der Waals surface area (Å²) in [5.41, 5.74) is 6.25. The second kappa shape index (κ2) is 5.86. The number of methoxy groups -OCH3 is 1. The van der Waals surface area contributed by atoms with Crippen molar-refractivity contribution in [3.05, 3.63) is 28.2 Å². The van der Waals surface area contributed by atoms with Crippen molar-refractivity contribution in [1.82, 2.24) is 0 Å². The van der Waals surface area contributed by atoms with Crippen molar-refractivity contribution in [1.29, 1.82) is 0 Å². The van der Waals surface area contributed by atoms with E-state index in [9.17, 15) is 9.90 Å². The summed E-state index contributed by atoms with van der Waals surface area (Å²) in [5, 5.41) is 9.83. The molecule has 0 radical (unpaired) electrons. The Morgan fingerprint density at radius 1 is 1.62 bits per heavy atom. The molecule has 3 N–H and O–H groups in total. The number of phenols is 1. The number of hydrogen-bond acceptors (Lipinski definition) is 4. The van der Waals surface area contributed by atoms with E-state index in [0.29, 0.717) is 10.0 Å². The molecule has 4 nitrogen and oxygen atoms in total. The van der Waals surface area contributed by atoms with Gasteiger partial charge in [-0.2, -0.15) is 0 Å². The van der Waals surface area contributed by atoms with Crippen LogP contribution in [-0.4, -0.2) is 24.7 Å². The number of halogens is 1. The number of ether oxygens (including phenoxy) is 1. The molecule has 0 fully saturated rings. The van der Waals surface area contributed by atoms with Crippen LogP contribution in [0.4, 0.5) is 0 Å². The minimum atomic E-state index is -0.338. The van der Waals surface area contributed by atoms with Crippen molar-refractivity contribution in [3.63, 3.8) is 0 Å². The highest BCUT2D eigenvalue weighted by Gasteiger charge is 2.19. The van der Waals surface area contributed by atoms with Gasteiger partial charge in [0.05, 0.1) is 18.0 Å². The average molecular weight is 288 g/mol. The molecule has 1 rings (SSSR count). The SMILES string of the molecule is COC(=O)CC(CN)c1cccc(Br)c1O. The van der Waals surface area contributed by atoms with Gasteiger partial charge in [-0.1, -0.05) is 12.1 Å². The van der Waals surface area contributed by atoms with Crippen molar-refractivity contribution in [2.75, 3.05) is 13.7 Å². The molecule has 0 heterocycles. The third-order valence-corrected chi connectivity index (χ3v) is 3.02. The molecule has 0 aromatic heterocycles. The first-order valence-corrected chi connectivity index (χ1v) is 5.63. The molecule has 1 unspecified atom stereocenters. The lowest BCUT2D eigenvalue weighted by Crippen LogP contribution is -2.17. The molecule has 0 aliphatic carbocycles. The van der Waals surface area contributed by atoms with Crippen LogP contribution in [0.3, 0.4) is 0 Å². The third kappa shape index (κ3) is 2.96. The highest BCUT2D eigenvalue weighted by atomic mass is 79.9. The second-order valence-corrected chi connectivity index (χ2v) is 4.24. The van der Waals surface area contributed by atoms with E-state index in [1.54, 1.807) is 18.2 Å². The maximum absolute atomic E-state index is 11.2. The number of aromatic hydroxyl groups is 1. The van der Waals surface area contributed by atoms with E-state index < -0.39 is 0 Å². The molecule has 0 saturated carbocycles. The standard InChI is InChI=1S/C11H14BrNO3/c1-16-10(14)5-7(6-13)8-3-2-4-9(12)11(8)15/h2-4,7,15H,5-6,13H2,1H3. The number of carbonyl (C=O) groups excluding carboxylic acids is 1. The molecule has 5 heteroatoms. The second-order valence-electron chi connectivity index (χ2n) is 3.39. The highest BCUT2D eigenvalue weighted by Crippen LogP contribution is 2.33. The van der Waals surface area contributed by atoms with E-state index in [4.69, 9.17) is 5.73 Å². The lowest BCUT2D eigenvalue weighted by Gasteiger charge is -2.15. The van der Waals surface area contributed by atoms with Crippen molar-refractivity contribution < 1.29 is 14.6 Å². The van der Waals surface area contributed by atoms with Crippen molar-refractivity contribution in [2.24, 2.45) is 5.73 Å². The molecule has 1 aromatic rings. The Morgan fingerprint density at radius 3 is 2.88 bits per heavy atom. The van der Waals surface area contributed by atoms with Crippen LogP contribution in [-0.2, 0) is 9.53 Å². The fourth-order valence-corrected chi connectivity index (χ4v) is 1.85. The minimum absolute atomic E-state index is 0.127. The highest BCUT2D eigenvalue weighted by molar-refractivity contribution is 9.10. The predicted octanol–water partition coefficient (Wildman–Crippen LogP) is 1.76. The molecular formula is C11H14BrNO3. The Morgan fingerprint density at radius 2 is 2.31 bits per heavy atom. The molecule has 88 valence electrons. The zero-order valence-corrected chi connectivity index (χ0v) is 10.5. The summed E-state index contributed by atoms with van der Waals surface area (Å²) in [6.45, 7) is 0.277. The van der Waals surface area contributed by atoms with Gasteiger partial charge in [-0.25, -0.2) is 0 Å². The number of hydrogen-bond donors (Lipinski definition) is 2. The fourth-order valence-electron chi connectivity index (χ4n) is 1.47. The van der Waals surface area contributed by atoms with Gasteiger partial charge in [0, 0.05) is 5.92 Å². The van der Waals surface area contributed by atoms with Gasteiger partial charge in [0.2, 0.25) is 0 Å². The van der Waals surface area contributed by atoms with Crippen LogP contribution in [0.15, 0.2) is 22.7 Å². The van der Waals surface area contributed by atoms with E-state index in [1.165, 1.54) is 7.11 Å². The zero-order chi connectivity index (χ0) is 12.1. The lowest BCUT2D eigenvalue weighted by atomic mass is 9.95. The number of para-hydroxylation sites is 1. The zero-order valence-electron chi connectivity index (χ0n) is 8.94. The summed E-state index contributed by atoms with van der Waals surface area (Å²) in [5.74, 6) is -0.443. The maximum Gasteiger partial charge on any atom is 0.306 e. The average Bonchev–Trinajstić information content (AvgIpc) is 2.29. The topological polar surface area (TPSA) is 72.5 Å². The summed E-state index contributed by atoms with van der Waals surface area (Å²) in [6, 6.07) is 5.27. The molecule has 0 bridgehead atoms. The molecule has 1 aromatic carbocycles. The van der Waals surface area contributed by atoms with Crippen LogP contribution < -0.4 is 5.73 Å². The van der Waals surface area contributed by atoms with Gasteiger partial charge in [-0.15, -0.1) is 0 Å². The Kier molecular flexibility index (Phi) is 4.76. The lowest BCUT2D eigenvalue weighted by molar-refractivity contribution is -0.141. The molecule has 16 heavy (non-hydrogen) atoms.